The zero-order valence-electron chi connectivity index (χ0n) is 33.9. The minimum absolute atomic E-state index is 0.631. The molecule has 294 valence electrons. The Morgan fingerprint density at radius 3 is 1.33 bits per heavy atom. The number of nitrogens with zero attached hydrogens (tertiary/aromatic N) is 5. The largest absolute Gasteiger partial charge is 0.309 e. The normalized spacial score (nSPS) is 11.8. The van der Waals surface area contributed by atoms with Gasteiger partial charge in [-0.15, -0.1) is 11.3 Å². The van der Waals surface area contributed by atoms with Gasteiger partial charge in [-0.1, -0.05) is 146 Å². The predicted octanol–water partition coefficient (Wildman–Crippen LogP) is 15.1. The van der Waals surface area contributed by atoms with E-state index in [0.717, 1.165) is 43.8 Å². The van der Waals surface area contributed by atoms with Gasteiger partial charge >= 0.3 is 0 Å². The number of hydrogen-bond acceptors (Lipinski definition) is 4. The Kier molecular flexibility index (Phi) is 8.01. The van der Waals surface area contributed by atoms with Gasteiger partial charge in [0.25, 0.3) is 0 Å². The van der Waals surface area contributed by atoms with Gasteiger partial charge in [0.1, 0.15) is 0 Å². The first-order valence-corrected chi connectivity index (χ1v) is 22.0. The molecule has 4 heterocycles. The van der Waals surface area contributed by atoms with Crippen molar-refractivity contribution in [3.8, 4) is 56.7 Å². The number of thiophene rings is 1. The van der Waals surface area contributed by atoms with Crippen molar-refractivity contribution >= 4 is 75.1 Å². The average Bonchev–Trinajstić information content (AvgIpc) is 4.02. The highest BCUT2D eigenvalue weighted by Gasteiger charge is 2.20. The van der Waals surface area contributed by atoms with E-state index < -0.39 is 0 Å². The van der Waals surface area contributed by atoms with Gasteiger partial charge in [-0.2, -0.15) is 0 Å². The number of rotatable bonds is 6. The van der Waals surface area contributed by atoms with Crippen molar-refractivity contribution in [1.82, 2.24) is 24.1 Å². The Morgan fingerprint density at radius 1 is 0.286 bits per heavy atom. The summed E-state index contributed by atoms with van der Waals surface area (Å²) in [4.78, 5) is 15.5. The summed E-state index contributed by atoms with van der Waals surface area (Å²) in [5.41, 5.74) is 12.2. The molecule has 0 fully saturated rings. The maximum Gasteiger partial charge on any atom is 0.165 e. The van der Waals surface area contributed by atoms with Crippen LogP contribution in [-0.2, 0) is 0 Å². The van der Waals surface area contributed by atoms with E-state index >= 15 is 0 Å². The maximum atomic E-state index is 5.25. The van der Waals surface area contributed by atoms with Crippen molar-refractivity contribution in [1.29, 1.82) is 0 Å². The molecule has 4 aromatic heterocycles. The predicted molar refractivity (Wildman–Crippen MR) is 263 cm³/mol. The molecule has 13 aromatic rings. The third-order valence-electron chi connectivity index (χ3n) is 12.4. The first-order valence-electron chi connectivity index (χ1n) is 21.2. The fourth-order valence-corrected chi connectivity index (χ4v) is 10.9. The van der Waals surface area contributed by atoms with Crippen LogP contribution in [0.25, 0.3) is 120 Å². The first-order chi connectivity index (χ1) is 31.2. The van der Waals surface area contributed by atoms with E-state index in [1.807, 2.05) is 18.2 Å². The molecule has 0 saturated heterocycles. The Labute approximate surface area is 366 Å². The maximum absolute atomic E-state index is 5.25. The summed E-state index contributed by atoms with van der Waals surface area (Å²) in [5.74, 6) is 1.93. The minimum Gasteiger partial charge on any atom is -0.309 e. The first kappa shape index (κ1) is 35.6. The average molecular weight is 822 g/mol. The van der Waals surface area contributed by atoms with Crippen LogP contribution in [0.2, 0.25) is 0 Å². The van der Waals surface area contributed by atoms with E-state index in [1.54, 1.807) is 11.3 Å². The molecule has 0 amide bonds. The van der Waals surface area contributed by atoms with Crippen LogP contribution < -0.4 is 0 Å². The van der Waals surface area contributed by atoms with Crippen molar-refractivity contribution in [2.75, 3.05) is 0 Å². The van der Waals surface area contributed by atoms with Gasteiger partial charge in [-0.25, -0.2) is 15.0 Å². The van der Waals surface area contributed by atoms with E-state index in [0.29, 0.717) is 17.5 Å². The fraction of sp³-hybridized carbons (Fsp3) is 0. The van der Waals surface area contributed by atoms with E-state index in [4.69, 9.17) is 15.0 Å². The highest BCUT2D eigenvalue weighted by molar-refractivity contribution is 7.26. The molecular weight excluding hydrogens is 787 g/mol. The summed E-state index contributed by atoms with van der Waals surface area (Å²) in [5, 5.41) is 7.36. The zero-order valence-corrected chi connectivity index (χ0v) is 34.7. The zero-order chi connectivity index (χ0) is 41.4. The van der Waals surface area contributed by atoms with Crippen molar-refractivity contribution in [3.63, 3.8) is 0 Å². The van der Waals surface area contributed by atoms with Gasteiger partial charge in [0.15, 0.2) is 17.5 Å². The lowest BCUT2D eigenvalue weighted by molar-refractivity contribution is 1.08. The van der Waals surface area contributed by atoms with E-state index in [1.165, 1.54) is 59.2 Å². The summed E-state index contributed by atoms with van der Waals surface area (Å²) < 4.78 is 7.17. The molecule has 0 N–H and O–H groups in total. The summed E-state index contributed by atoms with van der Waals surface area (Å²) in [6.45, 7) is 0. The fourth-order valence-electron chi connectivity index (χ4n) is 9.52. The molecule has 0 radical (unpaired) electrons. The second-order valence-corrected chi connectivity index (χ2v) is 17.0. The molecule has 6 heteroatoms. The van der Waals surface area contributed by atoms with Crippen LogP contribution in [0.15, 0.2) is 212 Å². The molecule has 63 heavy (non-hydrogen) atoms. The topological polar surface area (TPSA) is 48.5 Å². The van der Waals surface area contributed by atoms with Crippen molar-refractivity contribution < 1.29 is 0 Å². The lowest BCUT2D eigenvalue weighted by Gasteiger charge is -2.12. The van der Waals surface area contributed by atoms with Gasteiger partial charge in [-0.05, 0) is 77.9 Å². The Hall–Kier alpha value is -8.19. The molecule has 0 aliphatic carbocycles. The lowest BCUT2D eigenvalue weighted by Crippen LogP contribution is -2.00. The van der Waals surface area contributed by atoms with Crippen molar-refractivity contribution in [2.45, 2.75) is 0 Å². The second kappa shape index (κ2) is 14.2. The third kappa shape index (κ3) is 5.66. The minimum atomic E-state index is 0.631. The standard InChI is InChI=1S/C57H35N5S/c1-3-15-36(16-4-1)41-22-13-23-45-46-24-14-25-47(54(46)63-53(41)45)57-59-55(37-17-5-2-6-18-37)58-56(60-57)38-29-31-39(32-30-38)61-51-28-12-9-21-44(51)48-35-40(33-34-52(48)61)62-49-26-10-7-19-42(49)43-20-8-11-27-50(43)62/h1-35H. The van der Waals surface area contributed by atoms with E-state index in [2.05, 4.69) is 203 Å². The van der Waals surface area contributed by atoms with Crippen LogP contribution in [0.4, 0.5) is 0 Å². The van der Waals surface area contributed by atoms with Gasteiger partial charge in [0, 0.05) is 69.8 Å². The highest BCUT2D eigenvalue weighted by atomic mass is 32.1. The molecule has 0 aliphatic rings. The van der Waals surface area contributed by atoms with Gasteiger partial charge < -0.3 is 9.13 Å². The Bertz CT molecular complexity index is 3850. The molecular formula is C57H35N5S. The van der Waals surface area contributed by atoms with Crippen LogP contribution in [0.1, 0.15) is 0 Å². The van der Waals surface area contributed by atoms with Crippen LogP contribution in [-0.4, -0.2) is 24.1 Å². The van der Waals surface area contributed by atoms with E-state index in [9.17, 15) is 0 Å². The SMILES string of the molecule is c1ccc(-c2nc(-c3ccc(-n4c5ccccc5c5cc(-n6c7ccccc7c7ccccc76)ccc54)cc3)nc(-c3cccc4c3sc3c(-c5ccccc5)cccc34)n2)cc1. The Morgan fingerprint density at radius 2 is 0.714 bits per heavy atom. The van der Waals surface area contributed by atoms with Gasteiger partial charge in [0.05, 0.1) is 22.1 Å². The quantitative estimate of drug-likeness (QED) is 0.168. The van der Waals surface area contributed by atoms with Crippen LogP contribution in [0, 0.1) is 0 Å². The van der Waals surface area contributed by atoms with Gasteiger partial charge in [0.2, 0.25) is 0 Å². The molecule has 0 aliphatic heterocycles. The molecule has 0 saturated carbocycles. The monoisotopic (exact) mass is 821 g/mol. The van der Waals surface area contributed by atoms with Crippen LogP contribution >= 0.6 is 11.3 Å². The smallest absolute Gasteiger partial charge is 0.165 e. The molecule has 0 bridgehead atoms. The number of fused-ring (bicyclic) bond motifs is 9. The lowest BCUT2D eigenvalue weighted by atomic mass is 10.0. The second-order valence-electron chi connectivity index (χ2n) is 16.0. The summed E-state index contributed by atoms with van der Waals surface area (Å²) in [6.07, 6.45) is 0. The van der Waals surface area contributed by atoms with Crippen LogP contribution in [0.3, 0.4) is 0 Å². The molecule has 0 spiro atoms. The molecule has 13 rings (SSSR count). The Balaban J connectivity index is 0.942. The van der Waals surface area contributed by atoms with Crippen molar-refractivity contribution in [3.05, 3.63) is 212 Å². The van der Waals surface area contributed by atoms with E-state index in [-0.39, 0.29) is 0 Å². The van der Waals surface area contributed by atoms with Crippen molar-refractivity contribution in [2.24, 2.45) is 0 Å². The number of hydrogen-bond donors (Lipinski definition) is 0. The molecule has 0 atom stereocenters. The molecule has 5 nitrogen and oxygen atoms in total. The van der Waals surface area contributed by atoms with Gasteiger partial charge in [-0.3, -0.25) is 0 Å². The third-order valence-corrected chi connectivity index (χ3v) is 13.7. The highest BCUT2D eigenvalue weighted by Crippen LogP contribution is 2.44. The number of para-hydroxylation sites is 3. The number of benzene rings is 9. The summed E-state index contributed by atoms with van der Waals surface area (Å²) >= 11 is 1.81. The molecule has 9 aromatic carbocycles. The number of aromatic nitrogens is 5. The van der Waals surface area contributed by atoms with Crippen LogP contribution in [0.5, 0.6) is 0 Å². The molecule has 0 unspecified atom stereocenters. The summed E-state index contributed by atoms with van der Waals surface area (Å²) in [7, 11) is 0. The summed E-state index contributed by atoms with van der Waals surface area (Å²) in [6, 6.07) is 75.5.